The third kappa shape index (κ3) is 2.96. The van der Waals surface area contributed by atoms with Crippen molar-refractivity contribution in [2.24, 2.45) is 5.41 Å². The molecule has 2 saturated heterocycles. The topological polar surface area (TPSA) is 73.2 Å². The molecule has 2 rings (SSSR count). The SMILES string of the molecule is N#CCSCC(=O)N1CCC2(CC1)CNC(=O)C2. The van der Waals surface area contributed by atoms with Crippen molar-refractivity contribution in [3.63, 3.8) is 0 Å². The zero-order valence-electron chi connectivity index (χ0n) is 10.3. The van der Waals surface area contributed by atoms with Crippen LogP contribution in [0.5, 0.6) is 0 Å². The van der Waals surface area contributed by atoms with Gasteiger partial charge < -0.3 is 10.2 Å². The van der Waals surface area contributed by atoms with Crippen molar-refractivity contribution in [1.82, 2.24) is 10.2 Å². The van der Waals surface area contributed by atoms with Crippen LogP contribution in [0.4, 0.5) is 0 Å². The van der Waals surface area contributed by atoms with E-state index in [1.807, 2.05) is 11.0 Å². The lowest BCUT2D eigenvalue weighted by atomic mass is 9.78. The fraction of sp³-hybridized carbons (Fsp3) is 0.750. The Bertz CT molecular complexity index is 383. The van der Waals surface area contributed by atoms with Crippen LogP contribution in [0.3, 0.4) is 0 Å². The van der Waals surface area contributed by atoms with E-state index in [4.69, 9.17) is 5.26 Å². The van der Waals surface area contributed by atoms with E-state index in [1.54, 1.807) is 0 Å². The summed E-state index contributed by atoms with van der Waals surface area (Å²) in [5.74, 6) is 1.00. The fourth-order valence-corrected chi connectivity index (χ4v) is 3.16. The van der Waals surface area contributed by atoms with Crippen molar-refractivity contribution >= 4 is 23.6 Å². The number of nitriles is 1. The largest absolute Gasteiger partial charge is 0.356 e. The number of thioether (sulfide) groups is 1. The van der Waals surface area contributed by atoms with Gasteiger partial charge in [-0.25, -0.2) is 0 Å². The van der Waals surface area contributed by atoms with E-state index in [9.17, 15) is 9.59 Å². The summed E-state index contributed by atoms with van der Waals surface area (Å²) in [6.45, 7) is 2.23. The third-order valence-corrected chi connectivity index (χ3v) is 4.55. The second-order valence-electron chi connectivity index (χ2n) is 4.99. The molecule has 5 nitrogen and oxygen atoms in total. The Morgan fingerprint density at radius 3 is 2.78 bits per heavy atom. The number of piperidine rings is 1. The van der Waals surface area contributed by atoms with E-state index in [0.29, 0.717) is 17.9 Å². The van der Waals surface area contributed by atoms with Crippen molar-refractivity contribution in [1.29, 1.82) is 5.26 Å². The van der Waals surface area contributed by atoms with Crippen LogP contribution >= 0.6 is 11.8 Å². The van der Waals surface area contributed by atoms with Crippen molar-refractivity contribution < 1.29 is 9.59 Å². The first-order chi connectivity index (χ1) is 8.65. The van der Waals surface area contributed by atoms with Crippen molar-refractivity contribution in [3.05, 3.63) is 0 Å². The molecule has 98 valence electrons. The van der Waals surface area contributed by atoms with Crippen LogP contribution in [-0.2, 0) is 9.59 Å². The molecule has 0 aromatic carbocycles. The van der Waals surface area contributed by atoms with Crippen LogP contribution in [0.15, 0.2) is 0 Å². The van der Waals surface area contributed by atoms with E-state index >= 15 is 0 Å². The highest BCUT2D eigenvalue weighted by molar-refractivity contribution is 8.00. The monoisotopic (exact) mass is 267 g/mol. The van der Waals surface area contributed by atoms with Crippen LogP contribution in [-0.4, -0.2) is 47.9 Å². The Morgan fingerprint density at radius 2 is 2.22 bits per heavy atom. The van der Waals surface area contributed by atoms with Gasteiger partial charge in [-0.2, -0.15) is 5.26 Å². The minimum Gasteiger partial charge on any atom is -0.356 e. The number of hydrogen-bond acceptors (Lipinski definition) is 4. The molecule has 2 heterocycles. The lowest BCUT2D eigenvalue weighted by Gasteiger charge is -2.38. The smallest absolute Gasteiger partial charge is 0.232 e. The number of carbonyl (C=O) groups excluding carboxylic acids is 2. The van der Waals surface area contributed by atoms with Gasteiger partial charge >= 0.3 is 0 Å². The summed E-state index contributed by atoms with van der Waals surface area (Å²) >= 11 is 1.36. The van der Waals surface area contributed by atoms with Gasteiger partial charge in [-0.15, -0.1) is 11.8 Å². The molecule has 1 spiro atoms. The number of carbonyl (C=O) groups is 2. The van der Waals surface area contributed by atoms with Crippen molar-refractivity contribution in [2.75, 3.05) is 31.1 Å². The quantitative estimate of drug-likeness (QED) is 0.750. The molecule has 2 aliphatic heterocycles. The zero-order chi connectivity index (χ0) is 13.0. The lowest BCUT2D eigenvalue weighted by Crippen LogP contribution is -2.44. The van der Waals surface area contributed by atoms with E-state index < -0.39 is 0 Å². The predicted octanol–water partition coefficient (Wildman–Crippen LogP) is 0.372. The Labute approximate surface area is 111 Å². The van der Waals surface area contributed by atoms with Gasteiger partial charge in [0.25, 0.3) is 0 Å². The second kappa shape index (κ2) is 5.61. The van der Waals surface area contributed by atoms with Gasteiger partial charge in [-0.05, 0) is 18.3 Å². The molecule has 0 aromatic rings. The number of rotatable bonds is 3. The molecule has 0 unspecified atom stereocenters. The van der Waals surface area contributed by atoms with Crippen LogP contribution in [0, 0.1) is 16.7 Å². The van der Waals surface area contributed by atoms with Crippen LogP contribution in [0.25, 0.3) is 0 Å². The van der Waals surface area contributed by atoms with Gasteiger partial charge in [0.05, 0.1) is 17.6 Å². The van der Waals surface area contributed by atoms with Gasteiger partial charge in [0.1, 0.15) is 0 Å². The van der Waals surface area contributed by atoms with E-state index in [2.05, 4.69) is 5.32 Å². The summed E-state index contributed by atoms with van der Waals surface area (Å²) in [6, 6.07) is 2.02. The molecule has 6 heteroatoms. The van der Waals surface area contributed by atoms with Crippen LogP contribution in [0.1, 0.15) is 19.3 Å². The molecule has 0 aromatic heterocycles. The first-order valence-electron chi connectivity index (χ1n) is 6.14. The maximum atomic E-state index is 11.9. The van der Waals surface area contributed by atoms with Crippen molar-refractivity contribution in [2.45, 2.75) is 19.3 Å². The number of nitrogens with one attached hydrogen (secondary N) is 1. The van der Waals surface area contributed by atoms with Gasteiger partial charge in [0.15, 0.2) is 0 Å². The van der Waals surface area contributed by atoms with E-state index in [1.165, 1.54) is 11.8 Å². The summed E-state index contributed by atoms with van der Waals surface area (Å²) in [5, 5.41) is 11.3. The molecule has 0 aliphatic carbocycles. The van der Waals surface area contributed by atoms with Gasteiger partial charge in [-0.1, -0.05) is 0 Å². The summed E-state index contributed by atoms with van der Waals surface area (Å²) < 4.78 is 0. The molecule has 0 radical (unpaired) electrons. The molecule has 1 N–H and O–H groups in total. The minimum absolute atomic E-state index is 0.0909. The standard InChI is InChI=1S/C12H17N3O2S/c13-3-6-18-8-11(17)15-4-1-12(2-5-15)7-10(16)14-9-12/h1-2,4-9H2,(H,14,16). The first-order valence-corrected chi connectivity index (χ1v) is 7.30. The average molecular weight is 267 g/mol. The molecule has 0 atom stereocenters. The molecule has 18 heavy (non-hydrogen) atoms. The maximum Gasteiger partial charge on any atom is 0.232 e. The van der Waals surface area contributed by atoms with Gasteiger partial charge in [0.2, 0.25) is 11.8 Å². The molecule has 0 saturated carbocycles. The molecule has 2 amide bonds. The molecule has 2 aliphatic rings. The number of nitrogens with zero attached hydrogens (tertiary/aromatic N) is 2. The summed E-state index contributed by atoms with van der Waals surface area (Å²) in [6.07, 6.45) is 2.42. The third-order valence-electron chi connectivity index (χ3n) is 3.77. The summed E-state index contributed by atoms with van der Waals surface area (Å²) in [5.41, 5.74) is 0.0909. The summed E-state index contributed by atoms with van der Waals surface area (Å²) in [7, 11) is 0. The maximum absolute atomic E-state index is 11.9. The van der Waals surface area contributed by atoms with E-state index in [-0.39, 0.29) is 17.2 Å². The van der Waals surface area contributed by atoms with E-state index in [0.717, 1.165) is 32.5 Å². The second-order valence-corrected chi connectivity index (χ2v) is 5.97. The number of hydrogen-bond donors (Lipinski definition) is 1. The Balaban J connectivity index is 1.78. The van der Waals surface area contributed by atoms with Gasteiger partial charge in [0, 0.05) is 26.1 Å². The zero-order valence-corrected chi connectivity index (χ0v) is 11.1. The highest BCUT2D eigenvalue weighted by atomic mass is 32.2. The molecular formula is C12H17N3O2S. The van der Waals surface area contributed by atoms with Crippen LogP contribution < -0.4 is 5.32 Å². The fourth-order valence-electron chi connectivity index (χ4n) is 2.61. The van der Waals surface area contributed by atoms with Gasteiger partial charge in [-0.3, -0.25) is 9.59 Å². The average Bonchev–Trinajstić information content (AvgIpc) is 2.72. The Morgan fingerprint density at radius 1 is 1.50 bits per heavy atom. The number of likely N-dealkylation sites (tertiary alicyclic amines) is 1. The minimum atomic E-state index is 0.0909. The van der Waals surface area contributed by atoms with Crippen LogP contribution in [0.2, 0.25) is 0 Å². The molecule has 2 fully saturated rings. The predicted molar refractivity (Wildman–Crippen MR) is 68.8 cm³/mol. The molecule has 0 bridgehead atoms. The normalized spacial score (nSPS) is 21.7. The highest BCUT2D eigenvalue weighted by Gasteiger charge is 2.41. The Kier molecular flexibility index (Phi) is 4.12. The highest BCUT2D eigenvalue weighted by Crippen LogP contribution is 2.37. The molecular weight excluding hydrogens is 250 g/mol. The van der Waals surface area contributed by atoms with Crippen molar-refractivity contribution in [3.8, 4) is 6.07 Å². The number of amides is 2. The summed E-state index contributed by atoms with van der Waals surface area (Å²) in [4.78, 5) is 25.0. The first kappa shape index (κ1) is 13.2. The Hall–Kier alpha value is -1.22. The lowest BCUT2D eigenvalue weighted by molar-refractivity contribution is -0.130.